The van der Waals surface area contributed by atoms with Gasteiger partial charge in [0.1, 0.15) is 0 Å². The van der Waals surface area contributed by atoms with Crippen molar-refractivity contribution in [2.45, 2.75) is 0 Å². The van der Waals surface area contributed by atoms with Gasteiger partial charge in [-0.05, 0) is 16.8 Å². The fourth-order valence-corrected chi connectivity index (χ4v) is 1.90. The Labute approximate surface area is 98.2 Å². The summed E-state index contributed by atoms with van der Waals surface area (Å²) in [6, 6.07) is 10.8. The van der Waals surface area contributed by atoms with Crippen molar-refractivity contribution in [1.29, 1.82) is 5.26 Å². The monoisotopic (exact) mass is 223 g/mol. The Hall–Kier alpha value is -2.60. The molecule has 0 saturated carbocycles. The van der Waals surface area contributed by atoms with E-state index in [9.17, 15) is 9.90 Å². The number of fused-ring (bicyclic) bond motifs is 1. The highest BCUT2D eigenvalue weighted by Gasteiger charge is 2.16. The molecule has 0 radical (unpaired) electrons. The highest BCUT2D eigenvalue weighted by Crippen LogP contribution is 2.26. The molecule has 3 nitrogen and oxygen atoms in total. The maximum atomic E-state index is 11.3. The van der Waals surface area contributed by atoms with Crippen LogP contribution in [0.5, 0.6) is 0 Å². The molecule has 0 bridgehead atoms. The summed E-state index contributed by atoms with van der Waals surface area (Å²) in [5.74, 6) is -1.05. The standard InChI is InChI=1S/C14H9NO2/c1-2-11-10(8-15)7-9-5-3-4-6-12(9)13(11)14(16)17/h2-7H,1H2,(H,16,17). The number of nitriles is 1. The highest BCUT2D eigenvalue weighted by molar-refractivity contribution is 6.07. The van der Waals surface area contributed by atoms with E-state index in [4.69, 9.17) is 5.26 Å². The highest BCUT2D eigenvalue weighted by atomic mass is 16.4. The van der Waals surface area contributed by atoms with Crippen LogP contribution in [0.4, 0.5) is 0 Å². The van der Waals surface area contributed by atoms with E-state index in [1.807, 2.05) is 12.1 Å². The van der Waals surface area contributed by atoms with Gasteiger partial charge in [-0.3, -0.25) is 0 Å². The molecule has 17 heavy (non-hydrogen) atoms. The fourth-order valence-electron chi connectivity index (χ4n) is 1.90. The van der Waals surface area contributed by atoms with E-state index in [2.05, 4.69) is 6.58 Å². The Morgan fingerprint density at radius 2 is 2.12 bits per heavy atom. The lowest BCUT2D eigenvalue weighted by atomic mass is 9.94. The van der Waals surface area contributed by atoms with Gasteiger partial charge in [0.2, 0.25) is 0 Å². The molecule has 0 amide bonds. The number of aromatic carboxylic acids is 1. The molecular weight excluding hydrogens is 214 g/mol. The summed E-state index contributed by atoms with van der Waals surface area (Å²) in [5, 5.41) is 19.6. The molecular formula is C14H9NO2. The third-order valence-corrected chi connectivity index (χ3v) is 2.63. The van der Waals surface area contributed by atoms with Crippen LogP contribution in [0.15, 0.2) is 36.9 Å². The van der Waals surface area contributed by atoms with Crippen molar-refractivity contribution in [2.24, 2.45) is 0 Å². The molecule has 0 aliphatic heterocycles. The third-order valence-electron chi connectivity index (χ3n) is 2.63. The molecule has 82 valence electrons. The molecule has 1 N–H and O–H groups in total. The van der Waals surface area contributed by atoms with E-state index < -0.39 is 5.97 Å². The van der Waals surface area contributed by atoms with Gasteiger partial charge < -0.3 is 5.11 Å². The van der Waals surface area contributed by atoms with Gasteiger partial charge in [-0.2, -0.15) is 5.26 Å². The number of carbonyl (C=O) groups is 1. The normalized spacial score (nSPS) is 9.82. The predicted molar refractivity (Wildman–Crippen MR) is 65.7 cm³/mol. The summed E-state index contributed by atoms with van der Waals surface area (Å²) >= 11 is 0. The van der Waals surface area contributed by atoms with E-state index >= 15 is 0 Å². The van der Waals surface area contributed by atoms with Crippen molar-refractivity contribution in [1.82, 2.24) is 0 Å². The summed E-state index contributed by atoms with van der Waals surface area (Å²) in [6.45, 7) is 3.57. The van der Waals surface area contributed by atoms with Crippen LogP contribution >= 0.6 is 0 Å². The minimum atomic E-state index is -1.05. The molecule has 0 atom stereocenters. The van der Waals surface area contributed by atoms with Gasteiger partial charge in [-0.15, -0.1) is 0 Å². The van der Waals surface area contributed by atoms with Crippen LogP contribution in [-0.2, 0) is 0 Å². The molecule has 0 fully saturated rings. The van der Waals surface area contributed by atoms with Gasteiger partial charge in [-0.1, -0.05) is 36.9 Å². The summed E-state index contributed by atoms with van der Waals surface area (Å²) < 4.78 is 0. The Morgan fingerprint density at radius 1 is 1.41 bits per heavy atom. The van der Waals surface area contributed by atoms with Crippen LogP contribution in [-0.4, -0.2) is 11.1 Å². The maximum Gasteiger partial charge on any atom is 0.336 e. The van der Waals surface area contributed by atoms with Crippen LogP contribution in [0.2, 0.25) is 0 Å². The van der Waals surface area contributed by atoms with Crippen LogP contribution in [0.3, 0.4) is 0 Å². The van der Waals surface area contributed by atoms with Crippen molar-refractivity contribution in [3.05, 3.63) is 53.6 Å². The topological polar surface area (TPSA) is 61.1 Å². The van der Waals surface area contributed by atoms with Gasteiger partial charge in [0.25, 0.3) is 0 Å². The minimum absolute atomic E-state index is 0.134. The van der Waals surface area contributed by atoms with Crippen LogP contribution in [0.25, 0.3) is 16.8 Å². The lowest BCUT2D eigenvalue weighted by Crippen LogP contribution is -2.03. The van der Waals surface area contributed by atoms with Crippen molar-refractivity contribution in [2.75, 3.05) is 0 Å². The Kier molecular flexibility index (Phi) is 2.63. The zero-order valence-electron chi connectivity index (χ0n) is 8.97. The average Bonchev–Trinajstić information content (AvgIpc) is 2.35. The number of benzene rings is 2. The predicted octanol–water partition coefficient (Wildman–Crippen LogP) is 3.05. The lowest BCUT2D eigenvalue weighted by Gasteiger charge is -2.08. The SMILES string of the molecule is C=Cc1c(C#N)cc2ccccc2c1C(=O)O. The quantitative estimate of drug-likeness (QED) is 0.851. The number of carboxylic acids is 1. The Bertz CT molecular complexity index is 666. The molecule has 2 rings (SSSR count). The first-order valence-corrected chi connectivity index (χ1v) is 5.00. The van der Waals surface area contributed by atoms with Gasteiger partial charge in [-0.25, -0.2) is 4.79 Å². The molecule has 3 heteroatoms. The summed E-state index contributed by atoms with van der Waals surface area (Å²) in [6.07, 6.45) is 1.41. The second-order valence-corrected chi connectivity index (χ2v) is 3.56. The first-order valence-electron chi connectivity index (χ1n) is 5.00. The van der Waals surface area contributed by atoms with Gasteiger partial charge in [0.15, 0.2) is 0 Å². The fraction of sp³-hybridized carbons (Fsp3) is 0. The van der Waals surface area contributed by atoms with Crippen molar-refractivity contribution >= 4 is 22.8 Å². The number of hydrogen-bond donors (Lipinski definition) is 1. The first-order chi connectivity index (χ1) is 8.19. The molecule has 0 spiro atoms. The average molecular weight is 223 g/mol. The minimum Gasteiger partial charge on any atom is -0.478 e. The molecule has 2 aromatic rings. The summed E-state index contributed by atoms with van der Waals surface area (Å²) in [4.78, 5) is 11.3. The number of carboxylic acid groups (broad SMARTS) is 1. The second-order valence-electron chi connectivity index (χ2n) is 3.56. The zero-order valence-corrected chi connectivity index (χ0v) is 8.97. The molecule has 0 unspecified atom stereocenters. The van der Waals surface area contributed by atoms with Crippen molar-refractivity contribution in [3.8, 4) is 6.07 Å². The molecule has 0 aliphatic carbocycles. The molecule has 0 aromatic heterocycles. The summed E-state index contributed by atoms with van der Waals surface area (Å²) in [7, 11) is 0. The second kappa shape index (κ2) is 4.11. The van der Waals surface area contributed by atoms with Gasteiger partial charge >= 0.3 is 5.97 Å². The van der Waals surface area contributed by atoms with E-state index in [0.29, 0.717) is 16.5 Å². The molecule has 0 aliphatic rings. The van der Waals surface area contributed by atoms with Crippen LogP contribution in [0, 0.1) is 11.3 Å². The number of nitrogens with zero attached hydrogens (tertiary/aromatic N) is 1. The molecule has 0 heterocycles. The number of hydrogen-bond acceptors (Lipinski definition) is 2. The summed E-state index contributed by atoms with van der Waals surface area (Å²) in [5.41, 5.74) is 0.837. The van der Waals surface area contributed by atoms with Crippen LogP contribution in [0.1, 0.15) is 21.5 Å². The first kappa shape index (κ1) is 10.9. The van der Waals surface area contributed by atoms with Gasteiger partial charge in [0.05, 0.1) is 17.2 Å². The number of rotatable bonds is 2. The van der Waals surface area contributed by atoms with Crippen molar-refractivity contribution < 1.29 is 9.90 Å². The Morgan fingerprint density at radius 3 is 2.71 bits per heavy atom. The largest absolute Gasteiger partial charge is 0.478 e. The lowest BCUT2D eigenvalue weighted by molar-refractivity contribution is 0.0699. The molecule has 2 aromatic carbocycles. The zero-order chi connectivity index (χ0) is 12.4. The third kappa shape index (κ3) is 1.66. The van der Waals surface area contributed by atoms with Gasteiger partial charge in [0, 0.05) is 5.56 Å². The Balaban J connectivity index is 3.02. The van der Waals surface area contributed by atoms with E-state index in [0.717, 1.165) is 5.39 Å². The van der Waals surface area contributed by atoms with Crippen LogP contribution < -0.4 is 0 Å². The van der Waals surface area contributed by atoms with E-state index in [-0.39, 0.29) is 5.56 Å². The maximum absolute atomic E-state index is 11.3. The van der Waals surface area contributed by atoms with Crippen molar-refractivity contribution in [3.63, 3.8) is 0 Å². The van der Waals surface area contributed by atoms with E-state index in [1.54, 1.807) is 24.3 Å². The molecule has 0 saturated heterocycles. The van der Waals surface area contributed by atoms with E-state index in [1.165, 1.54) is 6.08 Å². The smallest absolute Gasteiger partial charge is 0.336 e.